The van der Waals surface area contributed by atoms with E-state index in [1.165, 1.54) is 50.9 Å². The lowest BCUT2D eigenvalue weighted by Gasteiger charge is -2.22. The van der Waals surface area contributed by atoms with Gasteiger partial charge in [-0.3, -0.25) is 0 Å². The highest BCUT2D eigenvalue weighted by atomic mass is 35.5. The molecule has 0 amide bonds. The zero-order valence-corrected chi connectivity index (χ0v) is 22.3. The quantitative estimate of drug-likeness (QED) is 0.222. The Balaban J connectivity index is 1.91. The van der Waals surface area contributed by atoms with Crippen LogP contribution in [0.5, 0.6) is 11.5 Å². The van der Waals surface area contributed by atoms with E-state index in [4.69, 9.17) is 32.7 Å². The summed E-state index contributed by atoms with van der Waals surface area (Å²) in [5.41, 5.74) is 1.72. The van der Waals surface area contributed by atoms with Gasteiger partial charge in [-0.05, 0) is 82.2 Å². The largest absolute Gasteiger partial charge is 0.490 e. The highest BCUT2D eigenvalue weighted by Crippen LogP contribution is 2.37. The minimum Gasteiger partial charge on any atom is -0.490 e. The topological polar surface area (TPSA) is 33.7 Å². The first-order valence-corrected chi connectivity index (χ1v) is 13.2. The summed E-state index contributed by atoms with van der Waals surface area (Å²) in [5, 5.41) is 4.32. The highest BCUT2D eigenvalue weighted by molar-refractivity contribution is 6.32. The summed E-state index contributed by atoms with van der Waals surface area (Å²) in [6.45, 7) is 12.2. The number of nitrogens with one attached hydrogen (secondary N) is 1. The van der Waals surface area contributed by atoms with Crippen molar-refractivity contribution in [1.29, 1.82) is 0 Å². The van der Waals surface area contributed by atoms with Gasteiger partial charge in [0.2, 0.25) is 0 Å². The molecule has 4 nitrogen and oxygen atoms in total. The van der Waals surface area contributed by atoms with Crippen molar-refractivity contribution in [2.24, 2.45) is 0 Å². The fourth-order valence-corrected chi connectivity index (χ4v) is 4.18. The van der Waals surface area contributed by atoms with Gasteiger partial charge in [-0.15, -0.1) is 0 Å². The second-order valence-corrected chi connectivity index (χ2v) is 9.26. The Bertz CT molecular complexity index is 859. The Labute approximate surface area is 214 Å². The van der Waals surface area contributed by atoms with E-state index in [1.807, 2.05) is 19.1 Å². The fourth-order valence-electron chi connectivity index (χ4n) is 3.67. The maximum absolute atomic E-state index is 13.3. The lowest BCUT2D eigenvalue weighted by atomic mass is 10.2. The van der Waals surface area contributed by atoms with Crippen LogP contribution in [0.15, 0.2) is 30.3 Å². The molecule has 0 atom stereocenters. The summed E-state index contributed by atoms with van der Waals surface area (Å²) in [6, 6.07) is 8.09. The van der Waals surface area contributed by atoms with Crippen molar-refractivity contribution in [3.05, 3.63) is 57.3 Å². The minimum absolute atomic E-state index is 0.170. The summed E-state index contributed by atoms with van der Waals surface area (Å²) < 4.78 is 25.0. The van der Waals surface area contributed by atoms with Crippen LogP contribution in [0.3, 0.4) is 0 Å². The Kier molecular flexibility index (Phi) is 13.7. The summed E-state index contributed by atoms with van der Waals surface area (Å²) in [7, 11) is 0. The second-order valence-electron chi connectivity index (χ2n) is 8.44. The average molecular weight is 514 g/mol. The number of nitrogens with zero attached hydrogens (tertiary/aromatic N) is 1. The predicted octanol–water partition coefficient (Wildman–Crippen LogP) is 7.49. The molecule has 2 aromatic rings. The monoisotopic (exact) mass is 512 g/mol. The summed E-state index contributed by atoms with van der Waals surface area (Å²) in [6.07, 6.45) is 6.11. The number of hydrogen-bond acceptors (Lipinski definition) is 4. The van der Waals surface area contributed by atoms with Gasteiger partial charge in [0, 0.05) is 12.1 Å². The van der Waals surface area contributed by atoms with Gasteiger partial charge < -0.3 is 19.7 Å². The van der Waals surface area contributed by atoms with E-state index in [0.717, 1.165) is 25.1 Å². The Hall–Kier alpha value is -1.53. The Morgan fingerprint density at radius 3 is 2.24 bits per heavy atom. The van der Waals surface area contributed by atoms with Crippen molar-refractivity contribution in [3.63, 3.8) is 0 Å². The molecule has 0 unspecified atom stereocenters. The first kappa shape index (κ1) is 28.7. The van der Waals surface area contributed by atoms with Crippen molar-refractivity contribution in [2.75, 3.05) is 32.8 Å². The van der Waals surface area contributed by atoms with Gasteiger partial charge in [0.25, 0.3) is 0 Å². The standard InChI is InChI=1S/C27H39Cl2FN2O2/c1-4-7-13-32(14-8-5-2)15-9-12-31-19-21-16-25(29)27(26(17-21)33-6-3)34-20-22-10-11-23(30)18-24(22)28/h10-11,16-18,31H,4-9,12-15,19-20H2,1-3H3. The molecule has 1 N–H and O–H groups in total. The van der Waals surface area contributed by atoms with Crippen molar-refractivity contribution in [3.8, 4) is 11.5 Å². The number of rotatable bonds is 17. The van der Waals surface area contributed by atoms with Crippen LogP contribution >= 0.6 is 23.2 Å². The summed E-state index contributed by atoms with van der Waals surface area (Å²) in [4.78, 5) is 2.58. The maximum atomic E-state index is 13.3. The number of hydrogen-bond donors (Lipinski definition) is 1. The van der Waals surface area contributed by atoms with Gasteiger partial charge in [0.1, 0.15) is 12.4 Å². The van der Waals surface area contributed by atoms with Gasteiger partial charge in [-0.25, -0.2) is 4.39 Å². The third-order valence-electron chi connectivity index (χ3n) is 5.57. The van der Waals surface area contributed by atoms with Crippen LogP contribution in [0.25, 0.3) is 0 Å². The molecule has 0 fully saturated rings. The molecule has 0 aliphatic carbocycles. The molecular weight excluding hydrogens is 474 g/mol. The lowest BCUT2D eigenvalue weighted by molar-refractivity contribution is 0.261. The van der Waals surface area contributed by atoms with Crippen LogP contribution in [0.2, 0.25) is 10.0 Å². The minimum atomic E-state index is -0.381. The molecule has 0 aromatic heterocycles. The van der Waals surface area contributed by atoms with Gasteiger partial charge in [0.05, 0.1) is 16.7 Å². The van der Waals surface area contributed by atoms with E-state index in [0.29, 0.717) is 40.3 Å². The van der Waals surface area contributed by atoms with E-state index in [1.54, 1.807) is 6.07 Å². The van der Waals surface area contributed by atoms with Gasteiger partial charge in [-0.1, -0.05) is 56.0 Å². The SMILES string of the molecule is CCCCN(CCCC)CCCNCc1cc(Cl)c(OCc2ccc(F)cc2Cl)c(OCC)c1. The molecule has 2 aromatic carbocycles. The molecule has 0 spiro atoms. The highest BCUT2D eigenvalue weighted by Gasteiger charge is 2.14. The first-order chi connectivity index (χ1) is 16.5. The van der Waals surface area contributed by atoms with Crippen LogP contribution < -0.4 is 14.8 Å². The number of ether oxygens (including phenoxy) is 2. The van der Waals surface area contributed by atoms with E-state index in [-0.39, 0.29) is 12.4 Å². The zero-order chi connectivity index (χ0) is 24.8. The molecule has 0 bridgehead atoms. The molecule has 0 radical (unpaired) electrons. The van der Waals surface area contributed by atoms with Crippen molar-refractivity contribution < 1.29 is 13.9 Å². The third kappa shape index (κ3) is 9.99. The van der Waals surface area contributed by atoms with E-state index >= 15 is 0 Å². The molecule has 34 heavy (non-hydrogen) atoms. The van der Waals surface area contributed by atoms with Gasteiger partial charge in [0.15, 0.2) is 11.5 Å². The van der Waals surface area contributed by atoms with Crippen LogP contribution in [0.4, 0.5) is 4.39 Å². The normalized spacial score (nSPS) is 11.3. The molecular formula is C27H39Cl2FN2O2. The lowest BCUT2D eigenvalue weighted by Crippen LogP contribution is -2.29. The Morgan fingerprint density at radius 2 is 1.59 bits per heavy atom. The number of halogens is 3. The molecule has 0 heterocycles. The molecule has 0 saturated carbocycles. The molecule has 0 saturated heterocycles. The fraction of sp³-hybridized carbons (Fsp3) is 0.556. The van der Waals surface area contributed by atoms with E-state index < -0.39 is 0 Å². The molecule has 190 valence electrons. The molecule has 2 rings (SSSR count). The van der Waals surface area contributed by atoms with Gasteiger partial charge >= 0.3 is 0 Å². The number of unbranched alkanes of at least 4 members (excludes halogenated alkanes) is 2. The van der Waals surface area contributed by atoms with Crippen LogP contribution in [0, 0.1) is 5.82 Å². The van der Waals surface area contributed by atoms with Crippen molar-refractivity contribution in [1.82, 2.24) is 10.2 Å². The molecule has 0 aliphatic heterocycles. The van der Waals surface area contributed by atoms with E-state index in [9.17, 15) is 4.39 Å². The molecule has 0 aliphatic rings. The maximum Gasteiger partial charge on any atom is 0.180 e. The van der Waals surface area contributed by atoms with Crippen molar-refractivity contribution in [2.45, 2.75) is 66.0 Å². The number of benzene rings is 2. The smallest absolute Gasteiger partial charge is 0.180 e. The van der Waals surface area contributed by atoms with E-state index in [2.05, 4.69) is 24.1 Å². The first-order valence-electron chi connectivity index (χ1n) is 12.4. The summed E-state index contributed by atoms with van der Waals surface area (Å²) in [5.74, 6) is 0.679. The van der Waals surface area contributed by atoms with Crippen LogP contribution in [-0.4, -0.2) is 37.7 Å². The third-order valence-corrected chi connectivity index (χ3v) is 6.20. The van der Waals surface area contributed by atoms with Crippen LogP contribution in [0.1, 0.15) is 64.0 Å². The summed E-state index contributed by atoms with van der Waals surface area (Å²) >= 11 is 12.7. The molecule has 7 heteroatoms. The second kappa shape index (κ2) is 16.2. The Morgan fingerprint density at radius 1 is 0.882 bits per heavy atom. The average Bonchev–Trinajstić information content (AvgIpc) is 2.81. The van der Waals surface area contributed by atoms with Gasteiger partial charge in [-0.2, -0.15) is 0 Å². The predicted molar refractivity (Wildman–Crippen MR) is 141 cm³/mol. The zero-order valence-electron chi connectivity index (χ0n) is 20.8. The van der Waals surface area contributed by atoms with Crippen LogP contribution in [-0.2, 0) is 13.2 Å². The van der Waals surface area contributed by atoms with Crippen molar-refractivity contribution >= 4 is 23.2 Å².